The van der Waals surface area contributed by atoms with Gasteiger partial charge in [0.15, 0.2) is 0 Å². The Morgan fingerprint density at radius 3 is 2.63 bits per heavy atom. The molecule has 1 aromatic rings. The molecule has 1 N–H and O–H groups in total. The molecule has 0 aliphatic carbocycles. The molecule has 1 rings (SSSR count). The number of carboxylic acids is 1. The summed E-state index contributed by atoms with van der Waals surface area (Å²) in [5.74, 6) is 0.692. The van der Waals surface area contributed by atoms with Gasteiger partial charge in [0.05, 0.1) is 6.61 Å². The summed E-state index contributed by atoms with van der Waals surface area (Å²) in [4.78, 5) is 10.4. The van der Waals surface area contributed by atoms with E-state index in [1.807, 2.05) is 0 Å². The van der Waals surface area contributed by atoms with Gasteiger partial charge in [-0.3, -0.25) is 4.79 Å². The number of carboxylic acid groups (broad SMARTS) is 1. The molecule has 0 amide bonds. The molecular weight excluding hydrogens is 240 g/mol. The second-order valence-electron chi connectivity index (χ2n) is 5.25. The van der Waals surface area contributed by atoms with Crippen LogP contribution in [0.25, 0.3) is 0 Å². The van der Waals surface area contributed by atoms with Gasteiger partial charge in [-0.1, -0.05) is 26.0 Å². The van der Waals surface area contributed by atoms with E-state index in [1.165, 1.54) is 11.1 Å². The van der Waals surface area contributed by atoms with Gasteiger partial charge in [0, 0.05) is 6.42 Å². The molecule has 1 aromatic carbocycles. The summed E-state index contributed by atoms with van der Waals surface area (Å²) >= 11 is 0. The number of aliphatic carboxylic acids is 1. The van der Waals surface area contributed by atoms with Crippen molar-refractivity contribution in [3.63, 3.8) is 0 Å². The van der Waals surface area contributed by atoms with Crippen LogP contribution in [0.2, 0.25) is 0 Å². The van der Waals surface area contributed by atoms with Crippen LogP contribution >= 0.6 is 0 Å². The lowest BCUT2D eigenvalue weighted by Gasteiger charge is -2.14. The van der Waals surface area contributed by atoms with E-state index >= 15 is 0 Å². The van der Waals surface area contributed by atoms with Gasteiger partial charge in [0.25, 0.3) is 0 Å². The summed E-state index contributed by atoms with van der Waals surface area (Å²) in [6.07, 6.45) is 2.78. The van der Waals surface area contributed by atoms with Crippen molar-refractivity contribution in [1.82, 2.24) is 0 Å². The Bertz CT molecular complexity index is 410. The monoisotopic (exact) mass is 264 g/mol. The summed E-state index contributed by atoms with van der Waals surface area (Å²) in [6.45, 7) is 7.03. The minimum Gasteiger partial charge on any atom is -0.493 e. The highest BCUT2D eigenvalue weighted by molar-refractivity contribution is 5.66. The zero-order valence-electron chi connectivity index (χ0n) is 12.1. The third kappa shape index (κ3) is 5.77. The number of unbranched alkanes of at least 4 members (excludes halogenated alkanes) is 2. The number of ether oxygens (including phenoxy) is 1. The van der Waals surface area contributed by atoms with Crippen LogP contribution in [0.3, 0.4) is 0 Å². The van der Waals surface area contributed by atoms with Crippen molar-refractivity contribution in [3.8, 4) is 5.75 Å². The molecule has 0 aromatic heterocycles. The smallest absolute Gasteiger partial charge is 0.303 e. The Morgan fingerprint density at radius 1 is 1.26 bits per heavy atom. The van der Waals surface area contributed by atoms with Crippen molar-refractivity contribution >= 4 is 5.97 Å². The molecule has 0 unspecified atom stereocenters. The summed E-state index contributed by atoms with van der Waals surface area (Å²) in [5.41, 5.74) is 2.43. The van der Waals surface area contributed by atoms with E-state index in [9.17, 15) is 4.79 Å². The van der Waals surface area contributed by atoms with Crippen LogP contribution in [0.1, 0.15) is 56.6 Å². The lowest BCUT2D eigenvalue weighted by atomic mass is 10.0. The third-order valence-corrected chi connectivity index (χ3v) is 3.08. The van der Waals surface area contributed by atoms with Crippen molar-refractivity contribution in [2.24, 2.45) is 0 Å². The Kier molecular flexibility index (Phi) is 6.40. The molecule has 3 nitrogen and oxygen atoms in total. The van der Waals surface area contributed by atoms with Gasteiger partial charge < -0.3 is 9.84 Å². The second-order valence-corrected chi connectivity index (χ2v) is 5.25. The lowest BCUT2D eigenvalue weighted by molar-refractivity contribution is -0.137. The van der Waals surface area contributed by atoms with Gasteiger partial charge in [0.1, 0.15) is 5.75 Å². The molecule has 3 heteroatoms. The fourth-order valence-electron chi connectivity index (χ4n) is 1.98. The first-order chi connectivity index (χ1) is 9.00. The predicted molar refractivity (Wildman–Crippen MR) is 76.9 cm³/mol. The molecule has 0 bridgehead atoms. The Labute approximate surface area is 115 Å². The third-order valence-electron chi connectivity index (χ3n) is 3.08. The molecule has 106 valence electrons. The number of carbonyl (C=O) groups is 1. The molecule has 0 heterocycles. The van der Waals surface area contributed by atoms with Crippen LogP contribution in [-0.4, -0.2) is 17.7 Å². The fraction of sp³-hybridized carbons (Fsp3) is 0.562. The number of benzene rings is 1. The van der Waals surface area contributed by atoms with E-state index in [2.05, 4.69) is 39.0 Å². The van der Waals surface area contributed by atoms with Gasteiger partial charge in [-0.15, -0.1) is 0 Å². The molecule has 0 saturated carbocycles. The van der Waals surface area contributed by atoms with Crippen LogP contribution in [0.4, 0.5) is 0 Å². The highest BCUT2D eigenvalue weighted by atomic mass is 16.5. The van der Waals surface area contributed by atoms with Crippen molar-refractivity contribution in [2.45, 2.75) is 52.4 Å². The van der Waals surface area contributed by atoms with E-state index < -0.39 is 5.97 Å². The molecule has 0 aliphatic rings. The zero-order chi connectivity index (χ0) is 14.3. The van der Waals surface area contributed by atoms with E-state index in [1.54, 1.807) is 0 Å². The molecule has 0 saturated heterocycles. The zero-order valence-corrected chi connectivity index (χ0v) is 12.1. The molecule has 0 atom stereocenters. The largest absolute Gasteiger partial charge is 0.493 e. The standard InChI is InChI=1S/C16H24O3/c1-12(2)14-9-8-13(3)11-15(14)19-10-6-4-5-7-16(17)18/h8-9,11-12H,4-7,10H2,1-3H3,(H,17,18). The second kappa shape index (κ2) is 7.82. The summed E-state index contributed by atoms with van der Waals surface area (Å²) in [6, 6.07) is 6.31. The number of hydrogen-bond donors (Lipinski definition) is 1. The van der Waals surface area contributed by atoms with Crippen LogP contribution < -0.4 is 4.74 Å². The number of aryl methyl sites for hydroxylation is 1. The Balaban J connectivity index is 2.40. The minimum atomic E-state index is -0.721. The number of hydrogen-bond acceptors (Lipinski definition) is 2. The SMILES string of the molecule is Cc1ccc(C(C)C)c(OCCCCCC(=O)O)c1. The van der Waals surface area contributed by atoms with Crippen molar-refractivity contribution in [2.75, 3.05) is 6.61 Å². The van der Waals surface area contributed by atoms with Gasteiger partial charge >= 0.3 is 5.97 Å². The maximum Gasteiger partial charge on any atom is 0.303 e. The highest BCUT2D eigenvalue weighted by Gasteiger charge is 2.07. The van der Waals surface area contributed by atoms with Gasteiger partial charge in [-0.05, 0) is 49.3 Å². The fourth-order valence-corrected chi connectivity index (χ4v) is 1.98. The summed E-state index contributed by atoms with van der Waals surface area (Å²) < 4.78 is 5.84. The summed E-state index contributed by atoms with van der Waals surface area (Å²) in [5, 5.41) is 8.54. The molecule has 0 radical (unpaired) electrons. The Hall–Kier alpha value is -1.51. The van der Waals surface area contributed by atoms with Crippen LogP contribution in [0.15, 0.2) is 18.2 Å². The van der Waals surface area contributed by atoms with Crippen molar-refractivity contribution < 1.29 is 14.6 Å². The molecule has 0 spiro atoms. The van der Waals surface area contributed by atoms with Crippen LogP contribution in [-0.2, 0) is 4.79 Å². The van der Waals surface area contributed by atoms with Gasteiger partial charge in [0.2, 0.25) is 0 Å². The Morgan fingerprint density at radius 2 is 2.00 bits per heavy atom. The molecule has 19 heavy (non-hydrogen) atoms. The van der Waals surface area contributed by atoms with E-state index in [0.717, 1.165) is 25.0 Å². The quantitative estimate of drug-likeness (QED) is 0.718. The molecular formula is C16H24O3. The first-order valence-electron chi connectivity index (χ1n) is 6.96. The van der Waals surface area contributed by atoms with Crippen LogP contribution in [0.5, 0.6) is 5.75 Å². The molecule has 0 fully saturated rings. The average Bonchev–Trinajstić information content (AvgIpc) is 2.33. The normalized spacial score (nSPS) is 10.7. The van der Waals surface area contributed by atoms with Crippen molar-refractivity contribution in [3.05, 3.63) is 29.3 Å². The number of rotatable bonds is 8. The highest BCUT2D eigenvalue weighted by Crippen LogP contribution is 2.27. The maximum absolute atomic E-state index is 10.4. The lowest BCUT2D eigenvalue weighted by Crippen LogP contribution is -2.02. The van der Waals surface area contributed by atoms with Gasteiger partial charge in [-0.2, -0.15) is 0 Å². The first kappa shape index (κ1) is 15.5. The molecule has 0 aliphatic heterocycles. The maximum atomic E-state index is 10.4. The van der Waals surface area contributed by atoms with E-state index in [0.29, 0.717) is 12.5 Å². The van der Waals surface area contributed by atoms with Gasteiger partial charge in [-0.25, -0.2) is 0 Å². The topological polar surface area (TPSA) is 46.5 Å². The first-order valence-corrected chi connectivity index (χ1v) is 6.96. The average molecular weight is 264 g/mol. The predicted octanol–water partition coefficient (Wildman–Crippen LogP) is 4.14. The van der Waals surface area contributed by atoms with E-state index in [4.69, 9.17) is 9.84 Å². The van der Waals surface area contributed by atoms with Crippen molar-refractivity contribution in [1.29, 1.82) is 0 Å². The van der Waals surface area contributed by atoms with Crippen LogP contribution in [0, 0.1) is 6.92 Å². The summed E-state index contributed by atoms with van der Waals surface area (Å²) in [7, 11) is 0. The van der Waals surface area contributed by atoms with E-state index in [-0.39, 0.29) is 6.42 Å². The minimum absolute atomic E-state index is 0.252.